The van der Waals surface area contributed by atoms with Gasteiger partial charge in [-0.2, -0.15) is 0 Å². The molecule has 0 aliphatic carbocycles. The first-order valence-corrected chi connectivity index (χ1v) is 7.78. The summed E-state index contributed by atoms with van der Waals surface area (Å²) in [5.74, 6) is -0.199. The number of esters is 1. The van der Waals surface area contributed by atoms with Crippen molar-refractivity contribution in [1.82, 2.24) is 9.55 Å². The average Bonchev–Trinajstić information content (AvgIpc) is 2.95. The number of hydrogen-bond acceptors (Lipinski definition) is 5. The first-order valence-electron chi connectivity index (χ1n) is 7.02. The lowest BCUT2D eigenvalue weighted by atomic mass is 10.3. The Bertz CT molecular complexity index is 835. The number of nitrogens with zero attached hydrogens (tertiary/aromatic N) is 3. The molecule has 0 radical (unpaired) electrons. The van der Waals surface area contributed by atoms with Gasteiger partial charge in [0.05, 0.1) is 22.8 Å². The molecule has 1 aromatic heterocycles. The smallest absolute Gasteiger partial charge is 0.345 e. The minimum atomic E-state index is -0.659. The molecule has 3 rings (SSSR count). The van der Waals surface area contributed by atoms with Crippen LogP contribution in [0.1, 0.15) is 17.3 Å². The van der Waals surface area contributed by atoms with Gasteiger partial charge < -0.3 is 9.64 Å². The third kappa shape index (κ3) is 2.80. The van der Waals surface area contributed by atoms with E-state index in [9.17, 15) is 9.59 Å². The number of carbonyl (C=O) groups excluding carboxylic acids is 1. The molecule has 1 aliphatic rings. The summed E-state index contributed by atoms with van der Waals surface area (Å²) in [5, 5.41) is 0.880. The fourth-order valence-electron chi connectivity index (χ4n) is 2.45. The number of halogens is 2. The monoisotopic (exact) mass is 353 g/mol. The predicted octanol–water partition coefficient (Wildman–Crippen LogP) is 2.88. The number of ether oxygens (including phenoxy) is 1. The molecule has 0 bridgehead atoms. The van der Waals surface area contributed by atoms with Gasteiger partial charge in [-0.15, -0.1) is 0 Å². The van der Waals surface area contributed by atoms with Crippen molar-refractivity contribution in [2.24, 2.45) is 0 Å². The molecule has 6 nitrogen and oxygen atoms in total. The van der Waals surface area contributed by atoms with E-state index in [1.54, 1.807) is 25.1 Å². The van der Waals surface area contributed by atoms with Gasteiger partial charge in [0.2, 0.25) is 5.95 Å². The molecule has 0 spiro atoms. The van der Waals surface area contributed by atoms with E-state index in [0.29, 0.717) is 29.1 Å². The Morgan fingerprint density at radius 2 is 2.09 bits per heavy atom. The number of aromatic nitrogens is 2. The second-order valence-corrected chi connectivity index (χ2v) is 5.71. The molecule has 0 atom stereocenters. The zero-order valence-electron chi connectivity index (χ0n) is 12.3. The molecule has 0 amide bonds. The van der Waals surface area contributed by atoms with E-state index in [-0.39, 0.29) is 12.2 Å². The van der Waals surface area contributed by atoms with Crippen molar-refractivity contribution < 1.29 is 9.53 Å². The first kappa shape index (κ1) is 15.8. The summed E-state index contributed by atoms with van der Waals surface area (Å²) in [5.41, 5.74) is 0.309. The molecule has 0 saturated carbocycles. The third-order valence-corrected chi connectivity index (χ3v) is 4.26. The number of rotatable bonds is 3. The number of fused-ring (bicyclic) bond motifs is 1. The van der Waals surface area contributed by atoms with Crippen LogP contribution in [0.15, 0.2) is 29.2 Å². The zero-order valence-corrected chi connectivity index (χ0v) is 13.8. The van der Waals surface area contributed by atoms with Crippen LogP contribution in [0.4, 0.5) is 11.6 Å². The highest BCUT2D eigenvalue weighted by Crippen LogP contribution is 2.32. The van der Waals surface area contributed by atoms with Crippen LogP contribution < -0.4 is 10.5 Å². The number of carbonyl (C=O) groups is 1. The van der Waals surface area contributed by atoms with Crippen LogP contribution >= 0.6 is 23.2 Å². The molecule has 0 saturated heterocycles. The second-order valence-electron chi connectivity index (χ2n) is 4.90. The Morgan fingerprint density at radius 1 is 1.30 bits per heavy atom. The summed E-state index contributed by atoms with van der Waals surface area (Å²) in [6.45, 7) is 2.86. The van der Waals surface area contributed by atoms with Crippen molar-refractivity contribution in [3.05, 3.63) is 50.4 Å². The predicted molar refractivity (Wildman–Crippen MR) is 87.9 cm³/mol. The van der Waals surface area contributed by atoms with Gasteiger partial charge in [0.25, 0.3) is 5.56 Å². The van der Waals surface area contributed by atoms with Crippen molar-refractivity contribution >= 4 is 40.8 Å². The van der Waals surface area contributed by atoms with Crippen molar-refractivity contribution in [2.75, 3.05) is 18.1 Å². The highest BCUT2D eigenvalue weighted by Gasteiger charge is 2.26. The van der Waals surface area contributed by atoms with E-state index in [1.165, 1.54) is 10.8 Å². The number of benzene rings is 1. The Kier molecular flexibility index (Phi) is 4.28. The molecule has 8 heteroatoms. The van der Waals surface area contributed by atoms with E-state index in [2.05, 4.69) is 4.98 Å². The van der Waals surface area contributed by atoms with Crippen LogP contribution in [0.2, 0.25) is 10.0 Å². The Balaban J connectivity index is 2.01. The fourth-order valence-corrected chi connectivity index (χ4v) is 2.74. The molecule has 1 aliphatic heterocycles. The molecular weight excluding hydrogens is 341 g/mol. The van der Waals surface area contributed by atoms with Gasteiger partial charge in [-0.25, -0.2) is 9.78 Å². The van der Waals surface area contributed by atoms with Gasteiger partial charge in [-0.3, -0.25) is 9.36 Å². The normalized spacial score (nSPS) is 13.1. The lowest BCUT2D eigenvalue weighted by Gasteiger charge is -2.17. The van der Waals surface area contributed by atoms with Crippen molar-refractivity contribution in [2.45, 2.75) is 13.5 Å². The maximum absolute atomic E-state index is 12.4. The van der Waals surface area contributed by atoms with Crippen molar-refractivity contribution in [1.29, 1.82) is 0 Å². The van der Waals surface area contributed by atoms with Crippen LogP contribution in [0.3, 0.4) is 0 Å². The molecular formula is C15H13Cl2N3O3. The summed E-state index contributed by atoms with van der Waals surface area (Å²) < 4.78 is 6.32. The largest absolute Gasteiger partial charge is 0.462 e. The summed E-state index contributed by atoms with van der Waals surface area (Å²) in [4.78, 5) is 30.3. The van der Waals surface area contributed by atoms with Crippen LogP contribution in [0.5, 0.6) is 0 Å². The van der Waals surface area contributed by atoms with Crippen LogP contribution in [-0.2, 0) is 11.3 Å². The molecule has 0 fully saturated rings. The first-order chi connectivity index (χ1) is 11.0. The van der Waals surface area contributed by atoms with Crippen molar-refractivity contribution in [3.63, 3.8) is 0 Å². The van der Waals surface area contributed by atoms with Gasteiger partial charge in [-0.1, -0.05) is 23.2 Å². The van der Waals surface area contributed by atoms with Crippen LogP contribution in [0.25, 0.3) is 0 Å². The Hall–Kier alpha value is -2.05. The Morgan fingerprint density at radius 3 is 2.78 bits per heavy atom. The molecule has 2 heterocycles. The standard InChI is InChI=1S/C15H13Cl2N3O3/c1-2-23-14(22)10-8-18-15-19(5-6-20(15)13(10)21)9-3-4-11(16)12(17)7-9/h3-4,7-8H,2,5-6H2,1H3. The van der Waals surface area contributed by atoms with Gasteiger partial charge in [0, 0.05) is 18.8 Å². The molecule has 120 valence electrons. The summed E-state index contributed by atoms with van der Waals surface area (Å²) >= 11 is 12.0. The maximum atomic E-state index is 12.4. The molecule has 0 unspecified atom stereocenters. The lowest BCUT2D eigenvalue weighted by molar-refractivity contribution is 0.0523. The van der Waals surface area contributed by atoms with E-state index in [0.717, 1.165) is 5.69 Å². The topological polar surface area (TPSA) is 64.4 Å². The Labute approximate surface area is 142 Å². The molecule has 23 heavy (non-hydrogen) atoms. The summed E-state index contributed by atoms with van der Waals surface area (Å²) in [7, 11) is 0. The highest BCUT2D eigenvalue weighted by atomic mass is 35.5. The maximum Gasteiger partial charge on any atom is 0.345 e. The van der Waals surface area contributed by atoms with Crippen LogP contribution in [-0.4, -0.2) is 28.7 Å². The van der Waals surface area contributed by atoms with Gasteiger partial charge in [-0.05, 0) is 25.1 Å². The zero-order chi connectivity index (χ0) is 16.6. The molecule has 2 aromatic rings. The molecule has 1 aromatic carbocycles. The summed E-state index contributed by atoms with van der Waals surface area (Å²) in [6.07, 6.45) is 1.25. The van der Waals surface area contributed by atoms with Crippen molar-refractivity contribution in [3.8, 4) is 0 Å². The fraction of sp³-hybridized carbons (Fsp3) is 0.267. The van der Waals surface area contributed by atoms with Gasteiger partial charge in [0.15, 0.2) is 0 Å². The second kappa shape index (κ2) is 6.22. The highest BCUT2D eigenvalue weighted by molar-refractivity contribution is 6.42. The SMILES string of the molecule is CCOC(=O)c1cnc2n(c1=O)CCN2c1ccc(Cl)c(Cl)c1. The third-order valence-electron chi connectivity index (χ3n) is 3.52. The van der Waals surface area contributed by atoms with Crippen LogP contribution in [0, 0.1) is 0 Å². The van der Waals surface area contributed by atoms with Gasteiger partial charge in [0.1, 0.15) is 5.56 Å². The minimum Gasteiger partial charge on any atom is -0.462 e. The minimum absolute atomic E-state index is 0.0633. The average molecular weight is 354 g/mol. The number of anilines is 2. The lowest BCUT2D eigenvalue weighted by Crippen LogP contribution is -2.27. The number of hydrogen-bond donors (Lipinski definition) is 0. The quantitative estimate of drug-likeness (QED) is 0.793. The summed E-state index contributed by atoms with van der Waals surface area (Å²) in [6, 6.07) is 5.20. The molecule has 0 N–H and O–H groups in total. The van der Waals surface area contributed by atoms with E-state index < -0.39 is 11.5 Å². The van der Waals surface area contributed by atoms with Gasteiger partial charge >= 0.3 is 5.97 Å². The van der Waals surface area contributed by atoms with E-state index in [4.69, 9.17) is 27.9 Å². The van der Waals surface area contributed by atoms with E-state index in [1.807, 2.05) is 4.90 Å². The van der Waals surface area contributed by atoms with E-state index >= 15 is 0 Å².